The zero-order valence-corrected chi connectivity index (χ0v) is 33.4. The third-order valence-corrected chi connectivity index (χ3v) is 14.0. The molecule has 5 heteroatoms. The Kier molecular flexibility index (Phi) is 9.30. The molecule has 4 fully saturated rings. The van der Waals surface area contributed by atoms with Crippen molar-refractivity contribution in [1.82, 2.24) is 0 Å². The summed E-state index contributed by atoms with van der Waals surface area (Å²) in [6.45, 7) is 15.8. The standard InChI is InChI=1S/C27H26O3.C24H28O2/c28-25-12-22-6-5-21(19-1-3-20(4-2-19)26(29)30)10-23(22)11-24(25)27-13-16-7-17(14-27)9-18(8-16)15-27;1-15-13-20-21(24(5,6)12-11-23(20,3)4)14-19(15)16(2)17-7-9-18(10-8-17)22(25)26/h1-6,10-12,16-18,28H,7-9,13-15H2,(H,29,30);7-10,13-14H,2,11-12H2,1,3-6H3,(H,25,26). The first-order chi connectivity index (χ1) is 26.5. The molecule has 288 valence electrons. The number of carboxylic acids is 2. The van der Waals surface area contributed by atoms with Crippen molar-refractivity contribution in [2.75, 3.05) is 0 Å². The number of hydrogen-bond acceptors (Lipinski definition) is 3. The summed E-state index contributed by atoms with van der Waals surface area (Å²) < 4.78 is 0. The van der Waals surface area contributed by atoms with Gasteiger partial charge in [-0.1, -0.05) is 82.8 Å². The summed E-state index contributed by atoms with van der Waals surface area (Å²) >= 11 is 0. The van der Waals surface area contributed by atoms with Gasteiger partial charge < -0.3 is 15.3 Å². The molecule has 0 atom stereocenters. The second-order valence-electron chi connectivity index (χ2n) is 18.9. The van der Waals surface area contributed by atoms with Gasteiger partial charge in [-0.15, -0.1) is 0 Å². The second-order valence-corrected chi connectivity index (χ2v) is 18.9. The largest absolute Gasteiger partial charge is 0.508 e. The minimum absolute atomic E-state index is 0.154. The SMILES string of the molecule is C=C(c1ccc(C(=O)O)cc1)c1cc2c(cc1C)C(C)(C)CCC2(C)C.O=C(O)c1ccc(-c2ccc3cc(O)c(C45CC6CC(CC(C6)C4)C5)cc3c2)cc1. The van der Waals surface area contributed by atoms with Crippen molar-refractivity contribution in [2.45, 2.75) is 102 Å². The Morgan fingerprint density at radius 1 is 0.589 bits per heavy atom. The van der Waals surface area contributed by atoms with Gasteiger partial charge in [0.15, 0.2) is 0 Å². The van der Waals surface area contributed by atoms with E-state index in [9.17, 15) is 14.7 Å². The van der Waals surface area contributed by atoms with Gasteiger partial charge in [-0.2, -0.15) is 0 Å². The lowest BCUT2D eigenvalue weighted by Crippen LogP contribution is -2.48. The van der Waals surface area contributed by atoms with Crippen molar-refractivity contribution in [3.63, 3.8) is 0 Å². The smallest absolute Gasteiger partial charge is 0.335 e. The first-order valence-corrected chi connectivity index (χ1v) is 20.3. The monoisotopic (exact) mass is 746 g/mol. The molecule has 5 aliphatic carbocycles. The molecule has 4 saturated carbocycles. The molecule has 0 radical (unpaired) electrons. The minimum atomic E-state index is -0.907. The summed E-state index contributed by atoms with van der Waals surface area (Å²) in [7, 11) is 0. The number of rotatable bonds is 6. The van der Waals surface area contributed by atoms with Crippen LogP contribution in [0.4, 0.5) is 0 Å². The van der Waals surface area contributed by atoms with Crippen LogP contribution in [-0.2, 0) is 16.2 Å². The van der Waals surface area contributed by atoms with Crippen LogP contribution in [0.3, 0.4) is 0 Å². The van der Waals surface area contributed by atoms with E-state index in [1.54, 1.807) is 24.3 Å². The molecule has 0 saturated heterocycles. The van der Waals surface area contributed by atoms with E-state index in [-0.39, 0.29) is 16.2 Å². The predicted molar refractivity (Wildman–Crippen MR) is 226 cm³/mol. The zero-order chi connectivity index (χ0) is 39.7. The number of carboxylic acid groups (broad SMARTS) is 2. The lowest BCUT2D eigenvalue weighted by Gasteiger charge is -2.57. The molecule has 4 bridgehead atoms. The molecule has 5 aliphatic rings. The van der Waals surface area contributed by atoms with Gasteiger partial charge in [-0.25, -0.2) is 9.59 Å². The highest BCUT2D eigenvalue weighted by molar-refractivity contribution is 5.91. The number of fused-ring (bicyclic) bond motifs is 2. The number of carbonyl (C=O) groups is 2. The van der Waals surface area contributed by atoms with Gasteiger partial charge in [-0.05, 0) is 190 Å². The Bertz CT molecular complexity index is 2340. The Balaban J connectivity index is 0.000000160. The van der Waals surface area contributed by atoms with Crippen molar-refractivity contribution < 1.29 is 24.9 Å². The number of phenolic OH excluding ortho intramolecular Hbond substituents is 1. The third kappa shape index (κ3) is 6.84. The van der Waals surface area contributed by atoms with Crippen LogP contribution in [0.1, 0.15) is 133 Å². The van der Waals surface area contributed by atoms with Crippen molar-refractivity contribution in [1.29, 1.82) is 0 Å². The molecular weight excluding hydrogens is 693 g/mol. The van der Waals surface area contributed by atoms with E-state index >= 15 is 0 Å². The summed E-state index contributed by atoms with van der Waals surface area (Å²) in [5.74, 6) is 1.16. The molecule has 3 N–H and O–H groups in total. The third-order valence-electron chi connectivity index (χ3n) is 14.0. The van der Waals surface area contributed by atoms with Gasteiger partial charge in [0.05, 0.1) is 11.1 Å². The van der Waals surface area contributed by atoms with Crippen LogP contribution in [-0.4, -0.2) is 27.3 Å². The lowest BCUT2D eigenvalue weighted by molar-refractivity contribution is -0.00607. The predicted octanol–water partition coefficient (Wildman–Crippen LogP) is 12.5. The molecule has 5 nitrogen and oxygen atoms in total. The van der Waals surface area contributed by atoms with E-state index in [1.807, 2.05) is 36.4 Å². The number of aromatic hydroxyl groups is 1. The van der Waals surface area contributed by atoms with Gasteiger partial charge in [-0.3, -0.25) is 0 Å². The van der Waals surface area contributed by atoms with Gasteiger partial charge in [0.1, 0.15) is 5.75 Å². The van der Waals surface area contributed by atoms with E-state index in [4.69, 9.17) is 10.2 Å². The fourth-order valence-electron chi connectivity index (χ4n) is 11.2. The van der Waals surface area contributed by atoms with Crippen LogP contribution in [0, 0.1) is 24.7 Å². The normalized spacial score (nSPS) is 23.8. The second kappa shape index (κ2) is 13.8. The lowest BCUT2D eigenvalue weighted by atomic mass is 9.48. The molecule has 5 aromatic carbocycles. The van der Waals surface area contributed by atoms with Gasteiger partial charge >= 0.3 is 11.9 Å². The minimum Gasteiger partial charge on any atom is -0.508 e. The van der Waals surface area contributed by atoms with E-state index in [0.717, 1.165) is 61.9 Å². The van der Waals surface area contributed by atoms with Gasteiger partial charge in [0.25, 0.3) is 0 Å². The molecule has 56 heavy (non-hydrogen) atoms. The highest BCUT2D eigenvalue weighted by Crippen LogP contribution is 2.62. The quantitative estimate of drug-likeness (QED) is 0.161. The van der Waals surface area contributed by atoms with Crippen molar-refractivity contribution in [2.24, 2.45) is 17.8 Å². The van der Waals surface area contributed by atoms with Crippen LogP contribution in [0.2, 0.25) is 0 Å². The Hall–Kier alpha value is -5.16. The van der Waals surface area contributed by atoms with Gasteiger partial charge in [0.2, 0.25) is 0 Å². The first kappa shape index (κ1) is 37.7. The molecule has 0 unspecified atom stereocenters. The summed E-state index contributed by atoms with van der Waals surface area (Å²) in [5.41, 5.74) is 11.5. The fourth-order valence-corrected chi connectivity index (χ4v) is 11.2. The van der Waals surface area contributed by atoms with Crippen molar-refractivity contribution in [3.05, 3.63) is 142 Å². The summed E-state index contributed by atoms with van der Waals surface area (Å²) in [5, 5.41) is 31.4. The van der Waals surface area contributed by atoms with E-state index < -0.39 is 11.9 Å². The highest BCUT2D eigenvalue weighted by Gasteiger charge is 2.52. The first-order valence-electron chi connectivity index (χ1n) is 20.3. The topological polar surface area (TPSA) is 94.8 Å². The number of phenols is 1. The maximum absolute atomic E-state index is 11.1. The number of hydrogen-bond donors (Lipinski definition) is 3. The van der Waals surface area contributed by atoms with Crippen molar-refractivity contribution in [3.8, 4) is 16.9 Å². The highest BCUT2D eigenvalue weighted by atomic mass is 16.4. The van der Waals surface area contributed by atoms with E-state index in [2.05, 4.69) is 71.5 Å². The van der Waals surface area contributed by atoms with Crippen LogP contribution in [0.25, 0.3) is 27.5 Å². The van der Waals surface area contributed by atoms with Crippen LogP contribution in [0.15, 0.2) is 97.6 Å². The van der Waals surface area contributed by atoms with Crippen molar-refractivity contribution >= 4 is 28.3 Å². The Labute approximate surface area is 331 Å². The van der Waals surface area contributed by atoms with E-state index in [1.165, 1.54) is 68.1 Å². The Morgan fingerprint density at radius 3 is 1.61 bits per heavy atom. The molecule has 0 spiro atoms. The number of benzene rings is 5. The molecule has 0 aliphatic heterocycles. The summed E-state index contributed by atoms with van der Waals surface area (Å²) in [6, 6.07) is 29.1. The number of aromatic carboxylic acids is 2. The molecule has 0 amide bonds. The van der Waals surface area contributed by atoms with Crippen LogP contribution < -0.4 is 0 Å². The number of aryl methyl sites for hydroxylation is 1. The molecule has 0 heterocycles. The summed E-state index contributed by atoms with van der Waals surface area (Å²) in [6.07, 6.45) is 10.2. The maximum Gasteiger partial charge on any atom is 0.335 e. The molecule has 10 rings (SSSR count). The van der Waals surface area contributed by atoms with Crippen LogP contribution in [0.5, 0.6) is 5.75 Å². The average molecular weight is 747 g/mol. The zero-order valence-electron chi connectivity index (χ0n) is 33.4. The molecular formula is C51H54O5. The van der Waals surface area contributed by atoms with Gasteiger partial charge in [0, 0.05) is 5.56 Å². The maximum atomic E-state index is 11.1. The van der Waals surface area contributed by atoms with E-state index in [0.29, 0.717) is 16.9 Å². The van der Waals surface area contributed by atoms with Crippen LogP contribution >= 0.6 is 0 Å². The molecule has 5 aromatic rings. The Morgan fingerprint density at radius 2 is 1.07 bits per heavy atom. The molecule has 0 aromatic heterocycles. The average Bonchev–Trinajstić information content (AvgIpc) is 3.15. The summed E-state index contributed by atoms with van der Waals surface area (Å²) in [4.78, 5) is 22.2. The fraction of sp³-hybridized carbons (Fsp3) is 0.373.